The van der Waals surface area contributed by atoms with Crippen LogP contribution in [-0.2, 0) is 4.79 Å². The molecule has 3 nitrogen and oxygen atoms in total. The number of piperidine rings is 1. The molecule has 1 atom stereocenters. The molecule has 0 bridgehead atoms. The van der Waals surface area contributed by atoms with Crippen LogP contribution in [0.4, 0.5) is 5.69 Å². The van der Waals surface area contributed by atoms with E-state index in [-0.39, 0.29) is 11.9 Å². The van der Waals surface area contributed by atoms with E-state index in [9.17, 15) is 4.79 Å². The first-order valence-corrected chi connectivity index (χ1v) is 10.8. The summed E-state index contributed by atoms with van der Waals surface area (Å²) >= 11 is 0. The number of quaternary nitrogens is 1. The molecule has 0 spiro atoms. The van der Waals surface area contributed by atoms with E-state index in [1.165, 1.54) is 45.2 Å². The Kier molecular flexibility index (Phi) is 8.15. The van der Waals surface area contributed by atoms with E-state index in [2.05, 4.69) is 51.2 Å². The van der Waals surface area contributed by atoms with E-state index >= 15 is 0 Å². The highest BCUT2D eigenvalue weighted by Gasteiger charge is 2.41. The minimum atomic E-state index is 0.0980. The van der Waals surface area contributed by atoms with Gasteiger partial charge < -0.3 is 9.80 Å². The van der Waals surface area contributed by atoms with E-state index in [1.54, 1.807) is 0 Å². The van der Waals surface area contributed by atoms with Crippen LogP contribution in [0.1, 0.15) is 76.3 Å². The largest absolute Gasteiger partial charge is 0.320 e. The number of aryl methyl sites for hydroxylation is 2. The van der Waals surface area contributed by atoms with Crippen LogP contribution >= 0.6 is 0 Å². The minimum Gasteiger partial charge on any atom is -0.320 e. The number of carbonyl (C=O) groups excluding carboxylic acids is 1. The molecule has 1 aliphatic rings. The van der Waals surface area contributed by atoms with Gasteiger partial charge in [0.15, 0.2) is 6.04 Å². The number of anilines is 1. The molecule has 1 amide bonds. The third-order valence-electron chi connectivity index (χ3n) is 6.19. The molecular weight excluding hydrogens is 320 g/mol. The summed E-state index contributed by atoms with van der Waals surface area (Å²) < 4.78 is 1.02. The highest BCUT2D eigenvalue weighted by Crippen LogP contribution is 2.29. The molecule has 1 aromatic carbocycles. The fourth-order valence-corrected chi connectivity index (χ4v) is 4.58. The first-order valence-electron chi connectivity index (χ1n) is 10.8. The van der Waals surface area contributed by atoms with E-state index in [0.717, 1.165) is 47.1 Å². The molecule has 0 aliphatic carbocycles. The maximum atomic E-state index is 13.5. The quantitative estimate of drug-likeness (QED) is 0.571. The molecule has 0 saturated carbocycles. The molecule has 1 saturated heterocycles. The minimum absolute atomic E-state index is 0.0980. The van der Waals surface area contributed by atoms with Crippen molar-refractivity contribution in [3.8, 4) is 0 Å². The van der Waals surface area contributed by atoms with Crippen LogP contribution in [0.2, 0.25) is 0 Å². The van der Waals surface area contributed by atoms with Crippen molar-refractivity contribution < 1.29 is 9.28 Å². The summed E-state index contributed by atoms with van der Waals surface area (Å²) in [6.07, 6.45) is 9.59. The number of hydrogen-bond donors (Lipinski definition) is 1. The van der Waals surface area contributed by atoms with Crippen LogP contribution in [0.3, 0.4) is 0 Å². The number of amides is 1. The molecule has 1 aliphatic heterocycles. The van der Waals surface area contributed by atoms with Crippen LogP contribution < -0.4 is 5.32 Å². The number of nitrogens with one attached hydrogen (secondary N) is 1. The standard InChI is InChI=1S/C23H38N2O/c1-5-7-15-21(25(16-8-6-2)17-10-9-11-18-25)23(26)24-22-19(3)13-12-14-20(22)4/h12-14,21H,5-11,15-18H2,1-4H3/p+1/t21-/m0/s1. The molecule has 0 aromatic heterocycles. The third-order valence-corrected chi connectivity index (χ3v) is 6.19. The summed E-state index contributed by atoms with van der Waals surface area (Å²) in [4.78, 5) is 13.5. The summed E-state index contributed by atoms with van der Waals surface area (Å²) in [6, 6.07) is 6.34. The Balaban J connectivity index is 2.27. The number of rotatable bonds is 9. The lowest BCUT2D eigenvalue weighted by Gasteiger charge is -2.46. The predicted molar refractivity (Wildman–Crippen MR) is 111 cm³/mol. The zero-order valence-corrected chi connectivity index (χ0v) is 17.4. The van der Waals surface area contributed by atoms with Gasteiger partial charge in [-0.25, -0.2) is 0 Å². The molecule has 0 radical (unpaired) electrons. The van der Waals surface area contributed by atoms with Crippen LogP contribution in [-0.4, -0.2) is 36.1 Å². The van der Waals surface area contributed by atoms with E-state index < -0.39 is 0 Å². The molecule has 1 aromatic rings. The summed E-state index contributed by atoms with van der Waals surface area (Å²) in [7, 11) is 0. The summed E-state index contributed by atoms with van der Waals surface area (Å²) in [5, 5.41) is 3.33. The van der Waals surface area contributed by atoms with Crippen LogP contribution in [0.15, 0.2) is 18.2 Å². The average Bonchev–Trinajstić information content (AvgIpc) is 2.64. The lowest BCUT2D eigenvalue weighted by Crippen LogP contribution is -2.62. The normalized spacial score (nSPS) is 17.7. The van der Waals surface area contributed by atoms with Crippen molar-refractivity contribution in [1.29, 1.82) is 0 Å². The first-order chi connectivity index (χ1) is 12.5. The fourth-order valence-electron chi connectivity index (χ4n) is 4.58. The third kappa shape index (κ3) is 5.09. The molecule has 2 rings (SSSR count). The Morgan fingerprint density at radius 2 is 1.65 bits per heavy atom. The van der Waals surface area contributed by atoms with Gasteiger partial charge in [0, 0.05) is 12.1 Å². The number of likely N-dealkylation sites (tertiary alicyclic amines) is 1. The zero-order valence-electron chi connectivity index (χ0n) is 17.4. The highest BCUT2D eigenvalue weighted by atomic mass is 16.2. The molecule has 1 N–H and O–H groups in total. The Hall–Kier alpha value is -1.35. The first kappa shape index (κ1) is 21.0. The van der Waals surface area contributed by atoms with Crippen molar-refractivity contribution in [2.45, 2.75) is 85.1 Å². The Morgan fingerprint density at radius 3 is 2.23 bits per heavy atom. The summed E-state index contributed by atoms with van der Waals surface area (Å²) in [5.74, 6) is 0.244. The average molecular weight is 360 g/mol. The second-order valence-corrected chi connectivity index (χ2v) is 8.22. The fraction of sp³-hybridized carbons (Fsp3) is 0.696. The Morgan fingerprint density at radius 1 is 1.04 bits per heavy atom. The molecule has 26 heavy (non-hydrogen) atoms. The van der Waals surface area contributed by atoms with Crippen molar-refractivity contribution in [3.63, 3.8) is 0 Å². The number of nitrogens with zero attached hydrogens (tertiary/aromatic N) is 1. The van der Waals surface area contributed by atoms with Gasteiger partial charge in [0.05, 0.1) is 19.6 Å². The van der Waals surface area contributed by atoms with Crippen molar-refractivity contribution in [2.24, 2.45) is 0 Å². The van der Waals surface area contributed by atoms with Crippen LogP contribution in [0, 0.1) is 13.8 Å². The van der Waals surface area contributed by atoms with Crippen LogP contribution in [0.25, 0.3) is 0 Å². The van der Waals surface area contributed by atoms with Gasteiger partial charge in [0.25, 0.3) is 5.91 Å². The molecule has 0 unspecified atom stereocenters. The smallest absolute Gasteiger partial charge is 0.282 e. The maximum absolute atomic E-state index is 13.5. The SMILES string of the molecule is CCCC[C@@H](C(=O)Nc1c(C)cccc1C)[N+]1(CCCC)CCCCC1. The second-order valence-electron chi connectivity index (χ2n) is 8.22. The van der Waals surface area contributed by atoms with Crippen molar-refractivity contribution in [1.82, 2.24) is 0 Å². The van der Waals surface area contributed by atoms with Gasteiger partial charge in [-0.2, -0.15) is 0 Å². The lowest BCUT2D eigenvalue weighted by molar-refractivity contribution is -0.947. The number of hydrogen-bond acceptors (Lipinski definition) is 1. The number of unbranched alkanes of at least 4 members (excludes halogenated alkanes) is 2. The van der Waals surface area contributed by atoms with E-state index in [4.69, 9.17) is 0 Å². The molecular formula is C23H39N2O+. The van der Waals surface area contributed by atoms with Gasteiger partial charge in [0.2, 0.25) is 0 Å². The summed E-state index contributed by atoms with van der Waals surface area (Å²) in [5.41, 5.74) is 3.34. The van der Waals surface area contributed by atoms with Crippen molar-refractivity contribution in [2.75, 3.05) is 25.0 Å². The Bertz CT molecular complexity index is 555. The van der Waals surface area contributed by atoms with Gasteiger partial charge in [-0.15, -0.1) is 0 Å². The van der Waals surface area contributed by atoms with Gasteiger partial charge >= 0.3 is 0 Å². The van der Waals surface area contributed by atoms with E-state index in [1.807, 2.05) is 0 Å². The van der Waals surface area contributed by atoms with Gasteiger partial charge in [0.1, 0.15) is 0 Å². The van der Waals surface area contributed by atoms with Gasteiger partial charge in [-0.05, 0) is 57.1 Å². The Labute approximate surface area is 160 Å². The van der Waals surface area contributed by atoms with Crippen molar-refractivity contribution in [3.05, 3.63) is 29.3 Å². The second kappa shape index (κ2) is 10.1. The maximum Gasteiger partial charge on any atom is 0.282 e. The zero-order chi connectivity index (χ0) is 19.0. The van der Waals surface area contributed by atoms with Gasteiger partial charge in [-0.1, -0.05) is 44.9 Å². The number of para-hydroxylation sites is 1. The topological polar surface area (TPSA) is 29.1 Å². The predicted octanol–water partition coefficient (Wildman–Crippen LogP) is 5.60. The van der Waals surface area contributed by atoms with Crippen LogP contribution in [0.5, 0.6) is 0 Å². The van der Waals surface area contributed by atoms with Crippen molar-refractivity contribution >= 4 is 11.6 Å². The monoisotopic (exact) mass is 359 g/mol. The lowest BCUT2D eigenvalue weighted by atomic mass is 9.97. The molecule has 1 fully saturated rings. The molecule has 146 valence electrons. The summed E-state index contributed by atoms with van der Waals surface area (Å²) in [6.45, 7) is 12.2. The van der Waals surface area contributed by atoms with E-state index in [0.29, 0.717) is 0 Å². The highest BCUT2D eigenvalue weighted by molar-refractivity contribution is 5.95. The van der Waals surface area contributed by atoms with Gasteiger partial charge in [-0.3, -0.25) is 4.79 Å². The molecule has 3 heteroatoms. The number of carbonyl (C=O) groups is 1. The number of benzene rings is 1. The molecule has 1 heterocycles.